The first-order valence-corrected chi connectivity index (χ1v) is 5.41. The van der Waals surface area contributed by atoms with Crippen molar-refractivity contribution in [3.8, 4) is 5.75 Å². The Hall–Kier alpha value is -1.27. The van der Waals surface area contributed by atoms with Crippen molar-refractivity contribution < 1.29 is 18.6 Å². The number of nitrogen functional groups attached to an aromatic ring is 1. The van der Waals surface area contributed by atoms with E-state index < -0.39 is 15.3 Å². The first-order valence-electron chi connectivity index (χ1n) is 3.86. The Labute approximate surface area is 81.7 Å². The first kappa shape index (κ1) is 10.8. The smallest absolute Gasteiger partial charge is 0.204 e. The number of hydrogen-bond acceptors (Lipinski definition) is 5. The van der Waals surface area contributed by atoms with Gasteiger partial charge in [0.05, 0.1) is 10.6 Å². The van der Waals surface area contributed by atoms with Crippen LogP contribution in [0.1, 0.15) is 6.92 Å². The number of phenolic OH excluding ortho intramolecular Hbond substituents is 1. The van der Waals surface area contributed by atoms with Crippen LogP contribution >= 0.6 is 0 Å². The van der Waals surface area contributed by atoms with Gasteiger partial charge in [-0.3, -0.25) is 0 Å². The van der Waals surface area contributed by atoms with Gasteiger partial charge in [0.25, 0.3) is 0 Å². The second-order valence-corrected chi connectivity index (χ2v) is 5.11. The highest BCUT2D eigenvalue weighted by atomic mass is 32.2. The zero-order valence-electron chi connectivity index (χ0n) is 7.51. The molecule has 0 aliphatic heterocycles. The third-order valence-electron chi connectivity index (χ3n) is 1.78. The van der Waals surface area contributed by atoms with E-state index in [4.69, 9.17) is 15.9 Å². The van der Waals surface area contributed by atoms with Crippen LogP contribution in [0.4, 0.5) is 5.69 Å². The van der Waals surface area contributed by atoms with Crippen molar-refractivity contribution in [2.75, 3.05) is 5.73 Å². The predicted molar refractivity (Wildman–Crippen MR) is 51.4 cm³/mol. The fourth-order valence-electron chi connectivity index (χ4n) is 0.907. The van der Waals surface area contributed by atoms with Gasteiger partial charge in [-0.1, -0.05) is 0 Å². The lowest BCUT2D eigenvalue weighted by atomic mass is 10.3. The molecule has 6 heteroatoms. The topological polar surface area (TPSA) is 101 Å². The van der Waals surface area contributed by atoms with Crippen LogP contribution in [0.25, 0.3) is 0 Å². The van der Waals surface area contributed by atoms with Gasteiger partial charge in [-0.25, -0.2) is 8.42 Å². The number of aliphatic hydroxyl groups excluding tert-OH is 1. The fourth-order valence-corrected chi connectivity index (χ4v) is 1.85. The molecular formula is C8H11NO4S. The normalized spacial score (nSPS) is 13.9. The van der Waals surface area contributed by atoms with Crippen molar-refractivity contribution in [1.29, 1.82) is 0 Å². The van der Waals surface area contributed by atoms with Crippen molar-refractivity contribution in [3.63, 3.8) is 0 Å². The van der Waals surface area contributed by atoms with Crippen LogP contribution in [-0.2, 0) is 9.84 Å². The Bertz CT molecular complexity index is 439. The van der Waals surface area contributed by atoms with Crippen molar-refractivity contribution in [2.45, 2.75) is 17.3 Å². The molecule has 0 amide bonds. The number of hydrogen-bond donors (Lipinski definition) is 3. The zero-order valence-corrected chi connectivity index (χ0v) is 8.32. The molecule has 1 unspecified atom stereocenters. The van der Waals surface area contributed by atoms with E-state index >= 15 is 0 Å². The summed E-state index contributed by atoms with van der Waals surface area (Å²) in [6.45, 7) is 1.15. The quantitative estimate of drug-likeness (QED) is 0.481. The maximum Gasteiger partial charge on any atom is 0.204 e. The van der Waals surface area contributed by atoms with Gasteiger partial charge in [0.15, 0.2) is 5.44 Å². The molecule has 1 atom stereocenters. The molecule has 0 fully saturated rings. The summed E-state index contributed by atoms with van der Waals surface area (Å²) < 4.78 is 22.8. The second-order valence-electron chi connectivity index (χ2n) is 2.86. The van der Waals surface area contributed by atoms with Gasteiger partial charge in [-0.2, -0.15) is 0 Å². The van der Waals surface area contributed by atoms with E-state index in [0.717, 1.165) is 13.0 Å². The average Bonchev–Trinajstić information content (AvgIpc) is 2.09. The highest BCUT2D eigenvalue weighted by Gasteiger charge is 2.21. The van der Waals surface area contributed by atoms with Crippen LogP contribution in [0.5, 0.6) is 5.75 Å². The molecule has 1 aromatic carbocycles. The van der Waals surface area contributed by atoms with E-state index in [1.54, 1.807) is 0 Å². The molecule has 4 N–H and O–H groups in total. The molecule has 5 nitrogen and oxygen atoms in total. The van der Waals surface area contributed by atoms with Gasteiger partial charge in [-0.15, -0.1) is 0 Å². The van der Waals surface area contributed by atoms with Crippen LogP contribution < -0.4 is 5.73 Å². The Balaban J connectivity index is 3.29. The number of sulfone groups is 1. The summed E-state index contributed by atoms with van der Waals surface area (Å²) in [5.41, 5.74) is 3.79. The molecule has 0 aliphatic rings. The number of rotatable bonds is 2. The molecule has 14 heavy (non-hydrogen) atoms. The summed E-state index contributed by atoms with van der Waals surface area (Å²) in [5, 5.41) is 18.1. The summed E-state index contributed by atoms with van der Waals surface area (Å²) >= 11 is 0. The summed E-state index contributed by atoms with van der Waals surface area (Å²) in [5.74, 6) is -0.186. The number of phenols is 1. The van der Waals surface area contributed by atoms with Gasteiger partial charge in [0.2, 0.25) is 9.84 Å². The summed E-state index contributed by atoms with van der Waals surface area (Å²) in [4.78, 5) is -0.109. The lowest BCUT2D eigenvalue weighted by Gasteiger charge is -2.07. The van der Waals surface area contributed by atoms with E-state index in [1.165, 1.54) is 12.1 Å². The average molecular weight is 217 g/mol. The minimum Gasteiger partial charge on any atom is -0.506 e. The first-order chi connectivity index (χ1) is 6.35. The number of benzene rings is 1. The zero-order chi connectivity index (χ0) is 10.9. The lowest BCUT2D eigenvalue weighted by molar-refractivity contribution is 0.268. The molecule has 0 bridgehead atoms. The van der Waals surface area contributed by atoms with Gasteiger partial charge in [0.1, 0.15) is 5.75 Å². The monoisotopic (exact) mass is 217 g/mol. The molecule has 0 aliphatic carbocycles. The number of anilines is 1. The third kappa shape index (κ3) is 1.80. The Morgan fingerprint density at radius 2 is 2.00 bits per heavy atom. The SMILES string of the molecule is CC(O)S(=O)(=O)c1ccc(O)c(N)c1. The number of nitrogens with two attached hydrogens (primary N) is 1. The molecule has 0 aromatic heterocycles. The van der Waals surface area contributed by atoms with Crippen LogP contribution in [0, 0.1) is 0 Å². The summed E-state index contributed by atoms with van der Waals surface area (Å²) in [7, 11) is -3.75. The van der Waals surface area contributed by atoms with Gasteiger partial charge < -0.3 is 15.9 Å². The maximum atomic E-state index is 11.4. The van der Waals surface area contributed by atoms with Crippen LogP contribution in [0.3, 0.4) is 0 Å². The van der Waals surface area contributed by atoms with Gasteiger partial charge in [0, 0.05) is 0 Å². The standard InChI is InChI=1S/C8H11NO4S/c1-5(10)14(12,13)6-2-3-8(11)7(9)4-6/h2-5,10-11H,9H2,1H3. The molecule has 78 valence electrons. The second kappa shape index (κ2) is 3.47. The van der Waals surface area contributed by atoms with E-state index in [0.29, 0.717) is 0 Å². The van der Waals surface area contributed by atoms with Crippen LogP contribution in [0.15, 0.2) is 23.1 Å². The molecule has 0 radical (unpaired) electrons. The van der Waals surface area contributed by atoms with E-state index in [9.17, 15) is 8.42 Å². The molecule has 0 spiro atoms. The van der Waals surface area contributed by atoms with Crippen molar-refractivity contribution >= 4 is 15.5 Å². The molecule has 0 saturated heterocycles. The molecule has 0 saturated carbocycles. The highest BCUT2D eigenvalue weighted by Crippen LogP contribution is 2.24. The van der Waals surface area contributed by atoms with E-state index in [-0.39, 0.29) is 16.3 Å². The van der Waals surface area contributed by atoms with E-state index in [2.05, 4.69) is 0 Å². The Morgan fingerprint density at radius 3 is 2.43 bits per heavy atom. The van der Waals surface area contributed by atoms with Gasteiger partial charge in [-0.05, 0) is 25.1 Å². The molecule has 1 aromatic rings. The highest BCUT2D eigenvalue weighted by molar-refractivity contribution is 7.91. The lowest BCUT2D eigenvalue weighted by Crippen LogP contribution is -2.16. The number of aliphatic hydroxyl groups is 1. The van der Waals surface area contributed by atoms with E-state index in [1.807, 2.05) is 0 Å². The Kier molecular flexibility index (Phi) is 2.68. The molecule has 1 rings (SSSR count). The van der Waals surface area contributed by atoms with Crippen LogP contribution in [0.2, 0.25) is 0 Å². The van der Waals surface area contributed by atoms with Crippen LogP contribution in [-0.4, -0.2) is 24.1 Å². The Morgan fingerprint density at radius 1 is 1.43 bits per heavy atom. The molecule has 0 heterocycles. The largest absolute Gasteiger partial charge is 0.506 e. The van der Waals surface area contributed by atoms with Crippen molar-refractivity contribution in [3.05, 3.63) is 18.2 Å². The third-order valence-corrected chi connectivity index (χ3v) is 3.59. The van der Waals surface area contributed by atoms with Crippen molar-refractivity contribution in [2.24, 2.45) is 0 Å². The minimum atomic E-state index is -3.75. The summed E-state index contributed by atoms with van der Waals surface area (Å²) in [6, 6.07) is 3.47. The van der Waals surface area contributed by atoms with Crippen molar-refractivity contribution in [1.82, 2.24) is 0 Å². The maximum absolute atomic E-state index is 11.4. The predicted octanol–water partition coefficient (Wildman–Crippen LogP) is 0.0864. The number of aromatic hydroxyl groups is 1. The minimum absolute atomic E-state index is 0.0354. The summed E-state index contributed by atoms with van der Waals surface area (Å²) in [6.07, 6.45) is 0. The van der Waals surface area contributed by atoms with Gasteiger partial charge >= 0.3 is 0 Å². The molecular weight excluding hydrogens is 206 g/mol. The fraction of sp³-hybridized carbons (Fsp3) is 0.250.